The minimum atomic E-state index is -6.85. The highest BCUT2D eigenvalue weighted by Crippen LogP contribution is 2.32. The highest BCUT2D eigenvalue weighted by atomic mass is 32.3. The van der Waals surface area contributed by atoms with Crippen LogP contribution in [0.4, 0.5) is 26.3 Å². The van der Waals surface area contributed by atoms with Crippen molar-refractivity contribution < 1.29 is 51.5 Å². The maximum absolute atomic E-state index is 11.4. The van der Waals surface area contributed by atoms with Crippen molar-refractivity contribution in [2.45, 2.75) is 11.0 Å². The first kappa shape index (κ1) is 19.7. The first-order valence-corrected chi connectivity index (χ1v) is 7.14. The monoisotopic (exact) mass is 365 g/mol. The Bertz CT molecular complexity index is 547. The normalized spacial score (nSPS) is 15.9. The molecule has 1 aliphatic heterocycles. The molecule has 0 N–H and O–H groups in total. The number of aliphatic imine (C=N–C) groups is 1. The molecule has 0 atom stereocenters. The van der Waals surface area contributed by atoms with Gasteiger partial charge in [0, 0.05) is 6.21 Å². The Morgan fingerprint density at radius 1 is 0.952 bits per heavy atom. The third-order valence-electron chi connectivity index (χ3n) is 1.27. The van der Waals surface area contributed by atoms with Gasteiger partial charge >= 0.3 is 31.3 Å². The fraction of sp³-hybridized carbons (Fsp3) is 0.500. The van der Waals surface area contributed by atoms with Gasteiger partial charge in [-0.05, 0) is 0 Å². The second-order valence-corrected chi connectivity index (χ2v) is 6.10. The minimum absolute atomic E-state index is 0.622. The Kier molecular flexibility index (Phi) is 6.18. The van der Waals surface area contributed by atoms with Crippen LogP contribution in [0.5, 0.6) is 0 Å². The Labute approximate surface area is 114 Å². The second kappa shape index (κ2) is 6.61. The molecule has 0 fully saturated rings. The maximum Gasteiger partial charge on any atom is 0.524 e. The predicted molar refractivity (Wildman–Crippen MR) is 54.6 cm³/mol. The summed E-state index contributed by atoms with van der Waals surface area (Å²) in [5, 5.41) is 0. The number of hydrogen-bond acceptors (Lipinski definition) is 7. The molecule has 124 valence electrons. The lowest BCUT2D eigenvalue weighted by Crippen LogP contribution is -2.34. The van der Waals surface area contributed by atoms with Gasteiger partial charge in [-0.2, -0.15) is 43.2 Å². The van der Waals surface area contributed by atoms with Crippen molar-refractivity contribution in [2.24, 2.45) is 4.99 Å². The average Bonchev–Trinajstić information content (AvgIpc) is 2.27. The Balaban J connectivity index is 0.000000547. The molecule has 0 aromatic rings. The van der Waals surface area contributed by atoms with Crippen molar-refractivity contribution in [1.82, 2.24) is 0 Å². The van der Waals surface area contributed by atoms with E-state index in [2.05, 4.69) is 4.99 Å². The topological polar surface area (TPSA) is 99.1 Å². The molecular weight excluding hydrogens is 360 g/mol. The van der Waals surface area contributed by atoms with Crippen LogP contribution >= 0.6 is 0 Å². The van der Waals surface area contributed by atoms with E-state index in [-0.39, 0.29) is 0 Å². The minimum Gasteiger partial charge on any atom is -0.494 e. The van der Waals surface area contributed by atoms with Crippen molar-refractivity contribution >= 4 is 26.5 Å². The molecule has 0 radical (unpaired) electrons. The molecule has 0 unspecified atom stereocenters. The molecule has 1 heterocycles. The van der Waals surface area contributed by atoms with Gasteiger partial charge in [0.25, 0.3) is 0 Å². The lowest BCUT2D eigenvalue weighted by Gasteiger charge is -2.09. The molecule has 15 heteroatoms. The largest absolute Gasteiger partial charge is 0.524 e. The van der Waals surface area contributed by atoms with Crippen LogP contribution in [-0.4, -0.2) is 40.7 Å². The van der Waals surface area contributed by atoms with Crippen LogP contribution in [0.15, 0.2) is 17.5 Å². The molecule has 0 saturated heterocycles. The van der Waals surface area contributed by atoms with Crippen LogP contribution in [0.25, 0.3) is 0 Å². The van der Waals surface area contributed by atoms with Gasteiger partial charge in [-0.15, -0.1) is 3.63 Å². The van der Waals surface area contributed by atoms with Crippen LogP contribution in [0.2, 0.25) is 0 Å². The molecule has 0 aliphatic carbocycles. The standard InChI is InChI=1S/C4H5NO.C2F6O5S2/c1-3-6-4-2-5-1;3-1(4,5)14(9,10)13-15(11,12)2(6,7)8/h1-3H,4H2;. The van der Waals surface area contributed by atoms with Gasteiger partial charge in [-0.1, -0.05) is 0 Å². The van der Waals surface area contributed by atoms with Crippen LogP contribution in [0.1, 0.15) is 0 Å². The quantitative estimate of drug-likeness (QED) is 0.540. The van der Waals surface area contributed by atoms with Crippen molar-refractivity contribution in [3.05, 3.63) is 12.5 Å². The fourth-order valence-electron chi connectivity index (χ4n) is 0.476. The van der Waals surface area contributed by atoms with Crippen LogP contribution < -0.4 is 0 Å². The number of rotatable bonds is 2. The third kappa shape index (κ3) is 6.30. The predicted octanol–water partition coefficient (Wildman–Crippen LogP) is 1.26. The zero-order chi connectivity index (χ0) is 16.9. The van der Waals surface area contributed by atoms with Crippen LogP contribution in [0.3, 0.4) is 0 Å². The molecule has 0 amide bonds. The van der Waals surface area contributed by atoms with E-state index in [1.165, 1.54) is 0 Å². The van der Waals surface area contributed by atoms with Gasteiger partial charge < -0.3 is 4.74 Å². The SMILES string of the molecule is C1=COCC=N1.O=S(=O)(OS(=O)(=O)C(F)(F)F)C(F)(F)F. The van der Waals surface area contributed by atoms with Gasteiger partial charge in [0.2, 0.25) is 0 Å². The summed E-state index contributed by atoms with van der Waals surface area (Å²) in [6.45, 7) is 0.622. The highest BCUT2D eigenvalue weighted by molar-refractivity contribution is 8.00. The fourth-order valence-corrected chi connectivity index (χ4v) is 2.04. The lowest BCUT2D eigenvalue weighted by atomic mass is 10.7. The Morgan fingerprint density at radius 2 is 1.38 bits per heavy atom. The number of halogens is 6. The molecule has 1 rings (SSSR count). The van der Waals surface area contributed by atoms with E-state index >= 15 is 0 Å². The second-order valence-electron chi connectivity index (χ2n) is 2.82. The summed E-state index contributed by atoms with van der Waals surface area (Å²) in [6.07, 6.45) is 4.89. The zero-order valence-electron chi connectivity index (χ0n) is 9.42. The summed E-state index contributed by atoms with van der Waals surface area (Å²) in [5.74, 6) is 0. The first-order chi connectivity index (χ1) is 9.21. The molecule has 0 saturated carbocycles. The van der Waals surface area contributed by atoms with E-state index in [1.54, 1.807) is 18.7 Å². The maximum atomic E-state index is 11.4. The molecular formula is C6H5F6NO6S2. The van der Waals surface area contributed by atoms with Gasteiger partial charge in [0.1, 0.15) is 12.9 Å². The van der Waals surface area contributed by atoms with Gasteiger partial charge in [0.05, 0.1) is 6.20 Å². The smallest absolute Gasteiger partial charge is 0.494 e. The number of alkyl halides is 6. The van der Waals surface area contributed by atoms with E-state index in [9.17, 15) is 43.2 Å². The molecule has 7 nitrogen and oxygen atoms in total. The average molecular weight is 365 g/mol. The Hall–Kier alpha value is -1.35. The molecule has 1 aliphatic rings. The van der Waals surface area contributed by atoms with Gasteiger partial charge in [-0.3, -0.25) is 4.99 Å². The molecule has 0 aromatic heterocycles. The number of nitrogens with zero attached hydrogens (tertiary/aromatic N) is 1. The third-order valence-corrected chi connectivity index (χ3v) is 3.83. The number of ether oxygens (including phenoxy) is 1. The lowest BCUT2D eigenvalue weighted by molar-refractivity contribution is -0.0585. The van der Waals surface area contributed by atoms with Crippen LogP contribution in [-0.2, 0) is 28.6 Å². The van der Waals surface area contributed by atoms with E-state index in [0.29, 0.717) is 6.61 Å². The van der Waals surface area contributed by atoms with Gasteiger partial charge in [0.15, 0.2) is 0 Å². The summed E-state index contributed by atoms with van der Waals surface area (Å²) in [4.78, 5) is 3.75. The van der Waals surface area contributed by atoms with Crippen molar-refractivity contribution in [3.63, 3.8) is 0 Å². The summed E-state index contributed by atoms with van der Waals surface area (Å²) >= 11 is 0. The summed E-state index contributed by atoms with van der Waals surface area (Å²) in [6, 6.07) is 0. The molecule has 0 aromatic carbocycles. The highest BCUT2D eigenvalue weighted by Gasteiger charge is 2.57. The Morgan fingerprint density at radius 3 is 1.52 bits per heavy atom. The summed E-state index contributed by atoms with van der Waals surface area (Å²) in [5.41, 5.74) is -12.5. The van der Waals surface area contributed by atoms with E-state index in [4.69, 9.17) is 4.74 Å². The van der Waals surface area contributed by atoms with Crippen molar-refractivity contribution in [3.8, 4) is 0 Å². The summed E-state index contributed by atoms with van der Waals surface area (Å²) < 4.78 is 115. The van der Waals surface area contributed by atoms with E-state index < -0.39 is 31.3 Å². The van der Waals surface area contributed by atoms with Gasteiger partial charge in [-0.25, -0.2) is 0 Å². The van der Waals surface area contributed by atoms with E-state index in [1.807, 2.05) is 3.63 Å². The van der Waals surface area contributed by atoms with E-state index in [0.717, 1.165) is 0 Å². The summed E-state index contributed by atoms with van der Waals surface area (Å²) in [7, 11) is -13.7. The molecule has 0 bridgehead atoms. The van der Waals surface area contributed by atoms with Crippen molar-refractivity contribution in [2.75, 3.05) is 6.61 Å². The van der Waals surface area contributed by atoms with Crippen LogP contribution in [0, 0.1) is 0 Å². The number of hydrogen-bond donors (Lipinski definition) is 0. The van der Waals surface area contributed by atoms with Crippen molar-refractivity contribution in [1.29, 1.82) is 0 Å². The molecule has 21 heavy (non-hydrogen) atoms. The molecule has 0 spiro atoms. The zero-order valence-corrected chi connectivity index (χ0v) is 11.1. The first-order valence-electron chi connectivity index (χ1n) is 4.32.